The van der Waals surface area contributed by atoms with Gasteiger partial charge in [0.25, 0.3) is 0 Å². The molecule has 0 aromatic heterocycles. The Morgan fingerprint density at radius 3 is 2.75 bits per heavy atom. The number of halogens is 1. The van der Waals surface area contributed by atoms with Crippen molar-refractivity contribution in [2.75, 3.05) is 20.2 Å². The van der Waals surface area contributed by atoms with Crippen LogP contribution in [0.4, 0.5) is 0 Å². The van der Waals surface area contributed by atoms with E-state index < -0.39 is 0 Å². The molecule has 2 nitrogen and oxygen atoms in total. The number of methoxy groups -OCH3 is 1. The first kappa shape index (κ1) is 15.7. The highest BCUT2D eigenvalue weighted by molar-refractivity contribution is 6.21. The molecular formula is C17H26ClNO. The molecule has 2 unspecified atom stereocenters. The summed E-state index contributed by atoms with van der Waals surface area (Å²) >= 11 is 6.71. The summed E-state index contributed by atoms with van der Waals surface area (Å²) in [5.41, 5.74) is 3.54. The standard InChI is InChI=1S/C17H26ClNO/c1-12-9-13(2)17(20-4)15(10-12)16(18)11-19-8-6-5-7-14(19)3/h9-10,14,16H,5-8,11H2,1-4H3. The fourth-order valence-electron chi connectivity index (χ4n) is 3.23. The van der Waals surface area contributed by atoms with Crippen molar-refractivity contribution in [1.82, 2.24) is 4.90 Å². The Labute approximate surface area is 128 Å². The van der Waals surface area contributed by atoms with Crippen molar-refractivity contribution in [2.24, 2.45) is 0 Å². The predicted molar refractivity (Wildman–Crippen MR) is 85.9 cm³/mol. The Hall–Kier alpha value is -0.730. The number of hydrogen-bond acceptors (Lipinski definition) is 2. The lowest BCUT2D eigenvalue weighted by molar-refractivity contribution is 0.160. The maximum Gasteiger partial charge on any atom is 0.126 e. The Morgan fingerprint density at radius 1 is 1.35 bits per heavy atom. The molecule has 1 heterocycles. The minimum absolute atomic E-state index is 0.0101. The molecule has 0 amide bonds. The zero-order valence-electron chi connectivity index (χ0n) is 13.1. The summed E-state index contributed by atoms with van der Waals surface area (Å²) < 4.78 is 5.57. The van der Waals surface area contributed by atoms with Crippen molar-refractivity contribution in [1.29, 1.82) is 0 Å². The van der Waals surface area contributed by atoms with Crippen LogP contribution in [-0.4, -0.2) is 31.1 Å². The molecule has 3 heteroatoms. The van der Waals surface area contributed by atoms with Gasteiger partial charge in [-0.05, 0) is 45.7 Å². The first-order valence-electron chi connectivity index (χ1n) is 7.56. The molecule has 0 bridgehead atoms. The molecule has 0 radical (unpaired) electrons. The lowest BCUT2D eigenvalue weighted by atomic mass is 10.00. The highest BCUT2D eigenvalue weighted by atomic mass is 35.5. The summed E-state index contributed by atoms with van der Waals surface area (Å²) in [6.45, 7) is 8.58. The molecule has 1 aromatic carbocycles. The van der Waals surface area contributed by atoms with Crippen LogP contribution in [-0.2, 0) is 0 Å². The number of likely N-dealkylation sites (tertiary alicyclic amines) is 1. The Morgan fingerprint density at radius 2 is 2.10 bits per heavy atom. The van der Waals surface area contributed by atoms with Crippen LogP contribution in [0.1, 0.15) is 48.3 Å². The molecule has 1 aliphatic rings. The number of piperidine rings is 1. The van der Waals surface area contributed by atoms with Crippen LogP contribution in [0.3, 0.4) is 0 Å². The second-order valence-corrected chi connectivity index (χ2v) is 6.54. The average Bonchev–Trinajstić information content (AvgIpc) is 2.40. The molecule has 112 valence electrons. The molecule has 0 aliphatic carbocycles. The SMILES string of the molecule is COc1c(C)cc(C)cc1C(Cl)CN1CCCCC1C. The summed E-state index contributed by atoms with van der Waals surface area (Å²) in [7, 11) is 1.73. The van der Waals surface area contributed by atoms with E-state index in [1.807, 2.05) is 0 Å². The second kappa shape index (κ2) is 6.82. The number of hydrogen-bond donors (Lipinski definition) is 0. The van der Waals surface area contributed by atoms with E-state index in [-0.39, 0.29) is 5.38 Å². The first-order valence-corrected chi connectivity index (χ1v) is 7.99. The predicted octanol–water partition coefficient (Wildman–Crippen LogP) is 4.47. The average molecular weight is 296 g/mol. The third-order valence-electron chi connectivity index (χ3n) is 4.32. The van der Waals surface area contributed by atoms with E-state index in [9.17, 15) is 0 Å². The number of nitrogens with zero attached hydrogens (tertiary/aromatic N) is 1. The smallest absolute Gasteiger partial charge is 0.126 e. The van der Waals surface area contributed by atoms with E-state index in [1.54, 1.807) is 7.11 Å². The number of benzene rings is 1. The van der Waals surface area contributed by atoms with Crippen LogP contribution in [0.15, 0.2) is 12.1 Å². The van der Waals surface area contributed by atoms with Crippen LogP contribution >= 0.6 is 11.6 Å². The van der Waals surface area contributed by atoms with Gasteiger partial charge in [-0.1, -0.05) is 24.1 Å². The lowest BCUT2D eigenvalue weighted by Gasteiger charge is -2.35. The van der Waals surface area contributed by atoms with Crippen LogP contribution in [0.2, 0.25) is 0 Å². The molecule has 2 atom stereocenters. The fourth-order valence-corrected chi connectivity index (χ4v) is 3.57. The molecule has 2 rings (SSSR count). The Bertz CT molecular complexity index is 461. The van der Waals surface area contributed by atoms with Crippen LogP contribution in [0, 0.1) is 13.8 Å². The van der Waals surface area contributed by atoms with Crippen molar-refractivity contribution in [3.63, 3.8) is 0 Å². The zero-order chi connectivity index (χ0) is 14.7. The van der Waals surface area contributed by atoms with E-state index in [4.69, 9.17) is 16.3 Å². The molecule has 0 N–H and O–H groups in total. The molecule has 0 saturated carbocycles. The van der Waals surface area contributed by atoms with Crippen LogP contribution in [0.5, 0.6) is 5.75 Å². The van der Waals surface area contributed by atoms with Crippen molar-refractivity contribution >= 4 is 11.6 Å². The number of rotatable bonds is 4. The van der Waals surface area contributed by atoms with Gasteiger partial charge in [-0.15, -0.1) is 11.6 Å². The normalized spacial score (nSPS) is 21.8. The van der Waals surface area contributed by atoms with Crippen molar-refractivity contribution < 1.29 is 4.74 Å². The van der Waals surface area contributed by atoms with Gasteiger partial charge >= 0.3 is 0 Å². The van der Waals surface area contributed by atoms with Crippen LogP contribution in [0.25, 0.3) is 0 Å². The van der Waals surface area contributed by atoms with Gasteiger partial charge in [0.05, 0.1) is 12.5 Å². The topological polar surface area (TPSA) is 12.5 Å². The highest BCUT2D eigenvalue weighted by Gasteiger charge is 2.23. The van der Waals surface area contributed by atoms with Crippen molar-refractivity contribution in [2.45, 2.75) is 51.5 Å². The monoisotopic (exact) mass is 295 g/mol. The van der Waals surface area contributed by atoms with Crippen molar-refractivity contribution in [3.05, 3.63) is 28.8 Å². The first-order chi connectivity index (χ1) is 9.52. The quantitative estimate of drug-likeness (QED) is 0.760. The Kier molecular flexibility index (Phi) is 5.34. The van der Waals surface area contributed by atoms with Gasteiger partial charge in [0.2, 0.25) is 0 Å². The summed E-state index contributed by atoms with van der Waals surface area (Å²) in [5, 5.41) is -0.0101. The van der Waals surface area contributed by atoms with Crippen molar-refractivity contribution in [3.8, 4) is 5.75 Å². The summed E-state index contributed by atoms with van der Waals surface area (Å²) in [6.07, 6.45) is 3.92. The van der Waals surface area contributed by atoms with Gasteiger partial charge < -0.3 is 4.74 Å². The molecule has 1 aromatic rings. The lowest BCUT2D eigenvalue weighted by Crippen LogP contribution is -2.39. The Balaban J connectivity index is 2.17. The summed E-state index contributed by atoms with van der Waals surface area (Å²) in [5.74, 6) is 0.945. The third-order valence-corrected chi connectivity index (χ3v) is 4.70. The van der Waals surface area contributed by atoms with Gasteiger partial charge in [-0.25, -0.2) is 0 Å². The zero-order valence-corrected chi connectivity index (χ0v) is 13.8. The van der Waals surface area contributed by atoms with Gasteiger partial charge in [0, 0.05) is 18.2 Å². The summed E-state index contributed by atoms with van der Waals surface area (Å²) in [4.78, 5) is 2.51. The van der Waals surface area contributed by atoms with E-state index in [1.165, 1.54) is 30.4 Å². The second-order valence-electron chi connectivity index (χ2n) is 6.01. The molecule has 1 fully saturated rings. The van der Waals surface area contributed by atoms with E-state index in [0.29, 0.717) is 6.04 Å². The maximum absolute atomic E-state index is 6.71. The molecule has 1 aliphatic heterocycles. The van der Waals surface area contributed by atoms with Gasteiger partial charge in [0.15, 0.2) is 0 Å². The van der Waals surface area contributed by atoms with E-state index in [0.717, 1.165) is 24.4 Å². The number of alkyl halides is 1. The highest BCUT2D eigenvalue weighted by Crippen LogP contribution is 2.35. The fraction of sp³-hybridized carbons (Fsp3) is 0.647. The third kappa shape index (κ3) is 3.48. The molecular weight excluding hydrogens is 270 g/mol. The van der Waals surface area contributed by atoms with Crippen LogP contribution < -0.4 is 4.74 Å². The van der Waals surface area contributed by atoms with E-state index >= 15 is 0 Å². The van der Waals surface area contributed by atoms with Gasteiger partial charge in [-0.3, -0.25) is 4.90 Å². The van der Waals surface area contributed by atoms with E-state index in [2.05, 4.69) is 37.8 Å². The molecule has 20 heavy (non-hydrogen) atoms. The summed E-state index contributed by atoms with van der Waals surface area (Å²) in [6, 6.07) is 4.95. The molecule has 0 spiro atoms. The number of aryl methyl sites for hydroxylation is 2. The maximum atomic E-state index is 6.71. The van der Waals surface area contributed by atoms with Gasteiger partial charge in [-0.2, -0.15) is 0 Å². The largest absolute Gasteiger partial charge is 0.496 e. The number of ether oxygens (including phenoxy) is 1. The minimum Gasteiger partial charge on any atom is -0.496 e. The molecule has 1 saturated heterocycles. The van der Waals surface area contributed by atoms with Gasteiger partial charge in [0.1, 0.15) is 5.75 Å². The minimum atomic E-state index is -0.0101.